The van der Waals surface area contributed by atoms with Crippen molar-refractivity contribution in [2.24, 2.45) is 0 Å². The third kappa shape index (κ3) is 2.76. The third-order valence-corrected chi connectivity index (χ3v) is 6.23. The second-order valence-corrected chi connectivity index (χ2v) is 7.96. The molecule has 6 nitrogen and oxygen atoms in total. The molecule has 0 radical (unpaired) electrons. The first-order valence-corrected chi connectivity index (χ1v) is 9.85. The van der Waals surface area contributed by atoms with E-state index in [4.69, 9.17) is 14.7 Å². The number of pyridine rings is 1. The Kier molecular flexibility index (Phi) is 4.07. The largest absolute Gasteiger partial charge is 0.378 e. The van der Waals surface area contributed by atoms with Gasteiger partial charge in [-0.05, 0) is 31.2 Å². The van der Waals surface area contributed by atoms with Crippen LogP contribution in [0.3, 0.4) is 0 Å². The highest BCUT2D eigenvalue weighted by molar-refractivity contribution is 7.19. The molecule has 0 unspecified atom stereocenters. The summed E-state index contributed by atoms with van der Waals surface area (Å²) in [5.41, 5.74) is 2.46. The number of morpholine rings is 1. The van der Waals surface area contributed by atoms with Crippen molar-refractivity contribution in [3.8, 4) is 11.4 Å². The van der Waals surface area contributed by atoms with Crippen molar-refractivity contribution in [2.45, 2.75) is 13.0 Å². The van der Waals surface area contributed by atoms with E-state index in [2.05, 4.69) is 21.8 Å². The highest BCUT2D eigenvalue weighted by Crippen LogP contribution is 2.39. The predicted molar refractivity (Wildman–Crippen MR) is 104 cm³/mol. The van der Waals surface area contributed by atoms with E-state index >= 15 is 0 Å². The van der Waals surface area contributed by atoms with Gasteiger partial charge in [-0.2, -0.15) is 0 Å². The van der Waals surface area contributed by atoms with Crippen molar-refractivity contribution in [2.75, 3.05) is 44.8 Å². The number of anilines is 1. The van der Waals surface area contributed by atoms with Crippen LogP contribution in [0.1, 0.15) is 10.4 Å². The van der Waals surface area contributed by atoms with Gasteiger partial charge in [0.05, 0.1) is 18.6 Å². The quantitative estimate of drug-likeness (QED) is 0.694. The first-order chi connectivity index (χ1) is 12.8. The molecule has 5 rings (SSSR count). The van der Waals surface area contributed by atoms with E-state index in [-0.39, 0.29) is 0 Å². The molecule has 0 atom stereocenters. The minimum atomic E-state index is 0.755. The van der Waals surface area contributed by atoms with Crippen LogP contribution in [0.5, 0.6) is 0 Å². The van der Waals surface area contributed by atoms with Crippen molar-refractivity contribution in [1.82, 2.24) is 19.9 Å². The van der Waals surface area contributed by atoms with Crippen LogP contribution < -0.4 is 4.90 Å². The molecule has 0 aliphatic carbocycles. The minimum Gasteiger partial charge on any atom is -0.378 e. The summed E-state index contributed by atoms with van der Waals surface area (Å²) < 4.78 is 5.56. The second kappa shape index (κ2) is 6.57. The number of likely N-dealkylation sites (N-methyl/N-ethyl adjacent to an activating group) is 1. The maximum absolute atomic E-state index is 5.56. The van der Waals surface area contributed by atoms with Crippen LogP contribution in [0.15, 0.2) is 24.5 Å². The Balaban J connectivity index is 1.72. The normalized spacial score (nSPS) is 18.3. The number of aromatic nitrogens is 3. The van der Waals surface area contributed by atoms with Gasteiger partial charge in [-0.3, -0.25) is 4.98 Å². The van der Waals surface area contributed by atoms with Crippen molar-refractivity contribution < 1.29 is 4.74 Å². The summed E-state index contributed by atoms with van der Waals surface area (Å²) in [6, 6.07) is 3.96. The zero-order valence-electron chi connectivity index (χ0n) is 14.8. The Hall–Kier alpha value is -2.09. The van der Waals surface area contributed by atoms with Gasteiger partial charge in [0.2, 0.25) is 0 Å². The van der Waals surface area contributed by atoms with Gasteiger partial charge >= 0.3 is 0 Å². The van der Waals surface area contributed by atoms with Crippen molar-refractivity contribution in [3.05, 3.63) is 35.0 Å². The van der Waals surface area contributed by atoms with Crippen molar-refractivity contribution >= 4 is 27.4 Å². The predicted octanol–water partition coefficient (Wildman–Crippen LogP) is 2.58. The third-order valence-electron chi connectivity index (χ3n) is 5.12. The summed E-state index contributed by atoms with van der Waals surface area (Å²) in [5, 5.41) is 1.26. The zero-order chi connectivity index (χ0) is 17.5. The van der Waals surface area contributed by atoms with Crippen molar-refractivity contribution in [3.63, 3.8) is 0 Å². The molecule has 7 heteroatoms. The zero-order valence-corrected chi connectivity index (χ0v) is 15.6. The number of ether oxygens (including phenoxy) is 1. The lowest BCUT2D eigenvalue weighted by atomic mass is 10.0. The molecule has 0 aromatic carbocycles. The Morgan fingerprint density at radius 2 is 1.88 bits per heavy atom. The topological polar surface area (TPSA) is 54.4 Å². The lowest BCUT2D eigenvalue weighted by Gasteiger charge is -2.29. The highest BCUT2D eigenvalue weighted by atomic mass is 32.1. The molecular weight excluding hydrogens is 346 g/mol. The number of hydrogen-bond acceptors (Lipinski definition) is 7. The van der Waals surface area contributed by atoms with Gasteiger partial charge in [0.15, 0.2) is 5.82 Å². The van der Waals surface area contributed by atoms with Gasteiger partial charge in [0.1, 0.15) is 10.6 Å². The molecule has 0 saturated carbocycles. The molecule has 1 fully saturated rings. The molecule has 3 aromatic rings. The standard InChI is InChI=1S/C19H21N5OS/c1-23-7-4-14-15(12-23)26-19-16(14)18(24-8-10-25-11-9-24)21-17(22-19)13-2-5-20-6-3-13/h2-3,5-6H,4,7-12H2,1H3. The number of nitrogens with zero attached hydrogens (tertiary/aromatic N) is 5. The molecule has 0 spiro atoms. The van der Waals surface area contributed by atoms with Crippen LogP contribution in [0.25, 0.3) is 21.6 Å². The Bertz CT molecular complexity index is 936. The van der Waals surface area contributed by atoms with E-state index in [0.29, 0.717) is 0 Å². The number of rotatable bonds is 2. The Morgan fingerprint density at radius 3 is 2.69 bits per heavy atom. The highest BCUT2D eigenvalue weighted by Gasteiger charge is 2.26. The molecule has 1 saturated heterocycles. The van der Waals surface area contributed by atoms with Crippen LogP contribution >= 0.6 is 11.3 Å². The molecule has 26 heavy (non-hydrogen) atoms. The van der Waals surface area contributed by atoms with Gasteiger partial charge in [0.25, 0.3) is 0 Å². The maximum atomic E-state index is 5.56. The molecule has 2 aliphatic heterocycles. The fraction of sp³-hybridized carbons (Fsp3) is 0.421. The molecule has 2 aliphatic rings. The summed E-state index contributed by atoms with van der Waals surface area (Å²) >= 11 is 1.82. The molecule has 3 aromatic heterocycles. The van der Waals surface area contributed by atoms with Gasteiger partial charge < -0.3 is 14.5 Å². The number of fused-ring (bicyclic) bond motifs is 3. The maximum Gasteiger partial charge on any atom is 0.163 e. The number of thiophene rings is 1. The second-order valence-electron chi connectivity index (χ2n) is 6.88. The van der Waals surface area contributed by atoms with Gasteiger partial charge in [-0.15, -0.1) is 11.3 Å². The first-order valence-electron chi connectivity index (χ1n) is 9.03. The molecule has 0 bridgehead atoms. The van der Waals surface area contributed by atoms with Gasteiger partial charge in [-0.25, -0.2) is 9.97 Å². The van der Waals surface area contributed by atoms with Crippen LogP contribution in [0.2, 0.25) is 0 Å². The lowest BCUT2D eigenvalue weighted by Crippen LogP contribution is -2.37. The molecule has 0 N–H and O–H groups in total. The summed E-state index contributed by atoms with van der Waals surface area (Å²) in [6.07, 6.45) is 4.67. The van der Waals surface area contributed by atoms with Gasteiger partial charge in [-0.1, -0.05) is 0 Å². The number of hydrogen-bond donors (Lipinski definition) is 0. The van der Waals surface area contributed by atoms with E-state index in [0.717, 1.165) is 67.8 Å². The molecule has 5 heterocycles. The van der Waals surface area contributed by atoms with E-state index in [1.807, 2.05) is 23.5 Å². The lowest BCUT2D eigenvalue weighted by molar-refractivity contribution is 0.122. The summed E-state index contributed by atoms with van der Waals surface area (Å²) in [4.78, 5) is 21.4. The van der Waals surface area contributed by atoms with Crippen LogP contribution in [0, 0.1) is 0 Å². The molecule has 134 valence electrons. The van der Waals surface area contributed by atoms with Crippen LogP contribution in [0.4, 0.5) is 5.82 Å². The Morgan fingerprint density at radius 1 is 1.08 bits per heavy atom. The van der Waals surface area contributed by atoms with Crippen LogP contribution in [-0.4, -0.2) is 59.7 Å². The van der Waals surface area contributed by atoms with Gasteiger partial charge in [0, 0.05) is 49.0 Å². The summed E-state index contributed by atoms with van der Waals surface area (Å²) in [6.45, 7) is 5.37. The average molecular weight is 367 g/mol. The van der Waals surface area contributed by atoms with Crippen molar-refractivity contribution in [1.29, 1.82) is 0 Å². The monoisotopic (exact) mass is 367 g/mol. The minimum absolute atomic E-state index is 0.755. The van der Waals surface area contributed by atoms with Crippen LogP contribution in [-0.2, 0) is 17.7 Å². The van der Waals surface area contributed by atoms with E-state index < -0.39 is 0 Å². The smallest absolute Gasteiger partial charge is 0.163 e. The fourth-order valence-electron chi connectivity index (χ4n) is 3.74. The molecular formula is C19H21N5OS. The summed E-state index contributed by atoms with van der Waals surface area (Å²) in [7, 11) is 2.18. The fourth-order valence-corrected chi connectivity index (χ4v) is 5.03. The van der Waals surface area contributed by atoms with E-state index in [1.54, 1.807) is 12.4 Å². The first kappa shape index (κ1) is 16.1. The Labute approximate surface area is 156 Å². The molecule has 0 amide bonds. The van der Waals surface area contributed by atoms with E-state index in [9.17, 15) is 0 Å². The summed E-state index contributed by atoms with van der Waals surface area (Å²) in [5.74, 6) is 1.86. The average Bonchev–Trinajstić information content (AvgIpc) is 3.06. The SMILES string of the molecule is CN1CCc2c(sc3nc(-c4ccncc4)nc(N4CCOCC4)c23)C1. The van der Waals surface area contributed by atoms with E-state index in [1.165, 1.54) is 15.8 Å².